The molecule has 1 saturated heterocycles. The summed E-state index contributed by atoms with van der Waals surface area (Å²) in [4.78, 5) is 27.3. The number of hydrogen-bond acceptors (Lipinski definition) is 9. The zero-order chi connectivity index (χ0) is 27.4. The van der Waals surface area contributed by atoms with Crippen molar-refractivity contribution in [1.29, 1.82) is 0 Å². The Kier molecular flexibility index (Phi) is 8.67. The maximum Gasteiger partial charge on any atom is 0.410 e. The molecule has 12 nitrogen and oxygen atoms in total. The molecule has 3 aromatic rings. The third-order valence-corrected chi connectivity index (χ3v) is 7.17. The van der Waals surface area contributed by atoms with Crippen molar-refractivity contribution in [1.82, 2.24) is 44.6 Å². The van der Waals surface area contributed by atoms with Crippen molar-refractivity contribution in [2.75, 3.05) is 44.2 Å². The van der Waals surface area contributed by atoms with Gasteiger partial charge in [-0.05, 0) is 26.3 Å². The summed E-state index contributed by atoms with van der Waals surface area (Å²) in [5.41, 5.74) is 0.925. The van der Waals surface area contributed by atoms with Crippen LogP contribution in [0.1, 0.15) is 38.0 Å². The van der Waals surface area contributed by atoms with Gasteiger partial charge in [0.1, 0.15) is 17.2 Å². The van der Waals surface area contributed by atoms with E-state index in [9.17, 15) is 4.79 Å². The standard InChI is InChI=1S/C16H22N6.C10H15IN4O2/c1-2-4-14(5-3-1)13-20-8-10-21(11-9-20)16-18-15-12-17-6-7-22(15)19-16;1-10(2,3)17-9(16)14-4-5-15-7(6-14)12-8(11)13-15/h1-5,17H,6-13H2;4-6H2,1-3H3. The highest BCUT2D eigenvalue weighted by Gasteiger charge is 2.27. The molecule has 13 heteroatoms. The summed E-state index contributed by atoms with van der Waals surface area (Å²) in [6.07, 6.45) is -0.290. The summed E-state index contributed by atoms with van der Waals surface area (Å²) in [6.45, 7) is 15.3. The molecule has 2 aromatic heterocycles. The molecule has 0 aliphatic carbocycles. The lowest BCUT2D eigenvalue weighted by Gasteiger charge is -2.34. The number of benzene rings is 1. The molecule has 1 fully saturated rings. The molecule has 1 amide bonds. The first-order valence-corrected chi connectivity index (χ1v) is 14.5. The molecule has 3 aliphatic heterocycles. The maximum absolute atomic E-state index is 11.9. The van der Waals surface area contributed by atoms with Gasteiger partial charge >= 0.3 is 6.09 Å². The predicted octanol–water partition coefficient (Wildman–Crippen LogP) is 2.34. The smallest absolute Gasteiger partial charge is 0.410 e. The second kappa shape index (κ2) is 12.2. The number of anilines is 1. The molecule has 3 aliphatic rings. The number of aromatic nitrogens is 6. The third-order valence-electron chi connectivity index (χ3n) is 6.71. The van der Waals surface area contributed by atoms with E-state index in [1.807, 2.05) is 30.1 Å². The Morgan fingerprint density at radius 1 is 0.949 bits per heavy atom. The highest BCUT2D eigenvalue weighted by molar-refractivity contribution is 14.1. The molecule has 0 spiro atoms. The van der Waals surface area contributed by atoms with Crippen LogP contribution in [0.2, 0.25) is 0 Å². The number of ether oxygens (including phenoxy) is 1. The summed E-state index contributed by atoms with van der Waals surface area (Å²) in [6, 6.07) is 10.7. The molecular formula is C26H37IN10O2. The first-order chi connectivity index (χ1) is 18.7. The number of piperazine rings is 1. The van der Waals surface area contributed by atoms with E-state index in [1.165, 1.54) is 5.56 Å². The number of hydrogen-bond donors (Lipinski definition) is 1. The van der Waals surface area contributed by atoms with Crippen LogP contribution < -0.4 is 10.2 Å². The first kappa shape index (κ1) is 27.8. The van der Waals surface area contributed by atoms with E-state index in [0.29, 0.717) is 23.5 Å². The number of rotatable bonds is 3. The zero-order valence-electron chi connectivity index (χ0n) is 22.9. The third kappa shape index (κ3) is 7.45. The lowest BCUT2D eigenvalue weighted by Crippen LogP contribution is -2.46. The Balaban J connectivity index is 0.000000164. The average molecular weight is 649 g/mol. The van der Waals surface area contributed by atoms with Crippen molar-refractivity contribution < 1.29 is 9.53 Å². The molecule has 39 heavy (non-hydrogen) atoms. The molecule has 0 unspecified atom stereocenters. The average Bonchev–Trinajstić information content (AvgIpc) is 3.51. The number of carbonyl (C=O) groups excluding carboxylic acids is 1. The fraction of sp³-hybridized carbons (Fsp3) is 0.577. The van der Waals surface area contributed by atoms with Gasteiger partial charge in [-0.1, -0.05) is 30.3 Å². The van der Waals surface area contributed by atoms with Gasteiger partial charge in [-0.3, -0.25) is 9.80 Å². The van der Waals surface area contributed by atoms with Crippen LogP contribution >= 0.6 is 22.6 Å². The van der Waals surface area contributed by atoms with Gasteiger partial charge in [0.2, 0.25) is 9.78 Å². The lowest BCUT2D eigenvalue weighted by atomic mass is 10.2. The van der Waals surface area contributed by atoms with Crippen molar-refractivity contribution in [2.45, 2.75) is 59.1 Å². The highest BCUT2D eigenvalue weighted by Crippen LogP contribution is 2.17. The summed E-state index contributed by atoms with van der Waals surface area (Å²) in [5.74, 6) is 2.78. The van der Waals surface area contributed by atoms with Gasteiger partial charge in [0.05, 0.1) is 26.2 Å². The Hall–Kier alpha value is -2.78. The number of nitrogens with one attached hydrogen (secondary N) is 1. The molecule has 1 N–H and O–H groups in total. The van der Waals surface area contributed by atoms with Crippen molar-refractivity contribution in [2.24, 2.45) is 0 Å². The summed E-state index contributed by atoms with van der Waals surface area (Å²) >= 11 is 2.07. The Labute approximate surface area is 242 Å². The van der Waals surface area contributed by atoms with E-state index in [0.717, 1.165) is 70.0 Å². The van der Waals surface area contributed by atoms with E-state index >= 15 is 0 Å². The van der Waals surface area contributed by atoms with E-state index in [4.69, 9.17) is 4.74 Å². The van der Waals surface area contributed by atoms with Crippen molar-refractivity contribution in [3.8, 4) is 0 Å². The first-order valence-electron chi connectivity index (χ1n) is 13.5. The Morgan fingerprint density at radius 2 is 1.69 bits per heavy atom. The van der Waals surface area contributed by atoms with E-state index < -0.39 is 5.60 Å². The SMILES string of the molecule is CC(C)(C)OC(=O)N1CCn2nc(I)nc2C1.c1ccc(CN2CCN(c3nc4n(n3)CCNC4)CC2)cc1. The largest absolute Gasteiger partial charge is 0.444 e. The van der Waals surface area contributed by atoms with Gasteiger partial charge < -0.3 is 15.0 Å². The molecule has 210 valence electrons. The zero-order valence-corrected chi connectivity index (χ0v) is 25.0. The van der Waals surface area contributed by atoms with Crippen molar-refractivity contribution >= 4 is 34.6 Å². The van der Waals surface area contributed by atoms with Crippen LogP contribution in [0, 0.1) is 3.83 Å². The Bertz CT molecular complexity index is 1220. The molecule has 1 aromatic carbocycles. The quantitative estimate of drug-likeness (QED) is 0.429. The van der Waals surface area contributed by atoms with Crippen LogP contribution in [0.15, 0.2) is 30.3 Å². The fourth-order valence-electron chi connectivity index (χ4n) is 4.73. The topological polar surface area (TPSA) is 109 Å². The minimum absolute atomic E-state index is 0.290. The summed E-state index contributed by atoms with van der Waals surface area (Å²) in [5, 5.41) is 12.2. The molecule has 0 radical (unpaired) electrons. The van der Waals surface area contributed by atoms with E-state index in [1.54, 1.807) is 4.90 Å². The van der Waals surface area contributed by atoms with Gasteiger partial charge in [0.15, 0.2) is 0 Å². The van der Waals surface area contributed by atoms with Gasteiger partial charge in [-0.2, -0.15) is 4.98 Å². The number of fused-ring (bicyclic) bond motifs is 2. The normalized spacial score (nSPS) is 17.6. The van der Waals surface area contributed by atoms with Crippen LogP contribution in [0.3, 0.4) is 0 Å². The highest BCUT2D eigenvalue weighted by atomic mass is 127. The van der Waals surface area contributed by atoms with Crippen LogP contribution in [0.5, 0.6) is 0 Å². The molecule has 0 saturated carbocycles. The minimum atomic E-state index is -0.462. The summed E-state index contributed by atoms with van der Waals surface area (Å²) < 4.78 is 9.92. The van der Waals surface area contributed by atoms with Crippen LogP contribution in [0.25, 0.3) is 0 Å². The molecule has 6 rings (SSSR count). The number of nitrogens with zero attached hydrogens (tertiary/aromatic N) is 9. The number of carbonyl (C=O) groups is 1. The van der Waals surface area contributed by atoms with E-state index in [2.05, 4.69) is 88.2 Å². The second-order valence-electron chi connectivity index (χ2n) is 10.9. The number of halogens is 1. The molecule has 5 heterocycles. The van der Waals surface area contributed by atoms with Gasteiger partial charge in [0.25, 0.3) is 0 Å². The fourth-order valence-corrected chi connectivity index (χ4v) is 5.26. The lowest BCUT2D eigenvalue weighted by molar-refractivity contribution is 0.0190. The van der Waals surface area contributed by atoms with Crippen molar-refractivity contribution in [3.05, 3.63) is 51.4 Å². The van der Waals surface area contributed by atoms with Crippen molar-refractivity contribution in [3.63, 3.8) is 0 Å². The second-order valence-corrected chi connectivity index (χ2v) is 11.9. The minimum Gasteiger partial charge on any atom is -0.444 e. The Morgan fingerprint density at radius 3 is 2.41 bits per heavy atom. The molecule has 0 atom stereocenters. The summed E-state index contributed by atoms with van der Waals surface area (Å²) in [7, 11) is 0. The maximum atomic E-state index is 11.9. The van der Waals surface area contributed by atoms with Crippen LogP contribution in [0.4, 0.5) is 10.7 Å². The van der Waals surface area contributed by atoms with E-state index in [-0.39, 0.29) is 6.09 Å². The van der Waals surface area contributed by atoms with Gasteiger partial charge in [-0.15, -0.1) is 10.2 Å². The monoisotopic (exact) mass is 648 g/mol. The number of amides is 1. The molecule has 0 bridgehead atoms. The predicted molar refractivity (Wildman–Crippen MR) is 155 cm³/mol. The van der Waals surface area contributed by atoms with Crippen LogP contribution in [-0.2, 0) is 37.5 Å². The molecular weight excluding hydrogens is 611 g/mol. The van der Waals surface area contributed by atoms with Crippen LogP contribution in [-0.4, -0.2) is 90.3 Å². The van der Waals surface area contributed by atoms with Gasteiger partial charge in [0, 0.05) is 68.4 Å². The van der Waals surface area contributed by atoms with Gasteiger partial charge in [-0.25, -0.2) is 19.1 Å².